The van der Waals surface area contributed by atoms with Crippen molar-refractivity contribution < 1.29 is 9.84 Å². The standard InChI is InChI=1S/C19H23NO2S/c1-4-23-19-12-20(2)11-13-7-5-6-8-14(13)15-9-17(21)18(22-3)10-16(15)19/h5-10,19,21H,4,11-12H2,1-3H3. The van der Waals surface area contributed by atoms with E-state index in [1.54, 1.807) is 7.11 Å². The van der Waals surface area contributed by atoms with Crippen molar-refractivity contribution in [3.05, 3.63) is 47.5 Å². The number of rotatable bonds is 3. The zero-order chi connectivity index (χ0) is 16.4. The Morgan fingerprint density at radius 2 is 2.04 bits per heavy atom. The lowest BCUT2D eigenvalue weighted by atomic mass is 9.91. The number of nitrogens with zero attached hydrogens (tertiary/aromatic N) is 1. The van der Waals surface area contributed by atoms with Gasteiger partial charge < -0.3 is 14.7 Å². The minimum Gasteiger partial charge on any atom is -0.504 e. The molecule has 1 aliphatic rings. The summed E-state index contributed by atoms with van der Waals surface area (Å²) in [5, 5.41) is 10.6. The second kappa shape index (κ2) is 6.85. The van der Waals surface area contributed by atoms with Crippen molar-refractivity contribution in [3.63, 3.8) is 0 Å². The Balaban J connectivity index is 2.24. The molecule has 0 fully saturated rings. The van der Waals surface area contributed by atoms with Gasteiger partial charge in [-0.3, -0.25) is 0 Å². The number of ether oxygens (including phenoxy) is 1. The monoisotopic (exact) mass is 329 g/mol. The Morgan fingerprint density at radius 3 is 2.78 bits per heavy atom. The molecule has 0 saturated heterocycles. The van der Waals surface area contributed by atoms with Gasteiger partial charge in [0.2, 0.25) is 0 Å². The molecule has 1 N–H and O–H groups in total. The number of hydrogen-bond donors (Lipinski definition) is 1. The molecule has 0 radical (unpaired) electrons. The van der Waals surface area contributed by atoms with Crippen LogP contribution in [-0.4, -0.2) is 36.5 Å². The molecule has 23 heavy (non-hydrogen) atoms. The third-order valence-electron chi connectivity index (χ3n) is 4.29. The average molecular weight is 329 g/mol. The molecule has 0 aromatic heterocycles. The summed E-state index contributed by atoms with van der Waals surface area (Å²) in [7, 11) is 3.77. The molecular formula is C19H23NO2S. The molecule has 0 amide bonds. The Bertz CT molecular complexity index is 702. The molecule has 1 atom stereocenters. The second-order valence-electron chi connectivity index (χ2n) is 5.91. The Morgan fingerprint density at radius 1 is 1.26 bits per heavy atom. The third-order valence-corrected chi connectivity index (χ3v) is 5.43. The van der Waals surface area contributed by atoms with Gasteiger partial charge in [-0.25, -0.2) is 0 Å². The maximum Gasteiger partial charge on any atom is 0.160 e. The lowest BCUT2D eigenvalue weighted by Gasteiger charge is -2.30. The topological polar surface area (TPSA) is 32.7 Å². The van der Waals surface area contributed by atoms with Gasteiger partial charge in [0, 0.05) is 18.3 Å². The van der Waals surface area contributed by atoms with Crippen molar-refractivity contribution in [3.8, 4) is 22.6 Å². The number of phenolic OH excluding ortho intramolecular Hbond substituents is 1. The third kappa shape index (κ3) is 3.19. The molecule has 2 aromatic carbocycles. The maximum absolute atomic E-state index is 10.3. The number of methoxy groups -OCH3 is 1. The fraction of sp³-hybridized carbons (Fsp3) is 0.368. The van der Waals surface area contributed by atoms with Crippen molar-refractivity contribution in [2.45, 2.75) is 18.7 Å². The molecule has 122 valence electrons. The van der Waals surface area contributed by atoms with E-state index in [0.717, 1.165) is 24.4 Å². The highest BCUT2D eigenvalue weighted by molar-refractivity contribution is 7.99. The molecule has 3 nitrogen and oxygen atoms in total. The van der Waals surface area contributed by atoms with Crippen molar-refractivity contribution in [2.24, 2.45) is 0 Å². The first-order valence-corrected chi connectivity index (χ1v) is 8.98. The van der Waals surface area contributed by atoms with E-state index in [-0.39, 0.29) is 5.75 Å². The predicted octanol–water partition coefficient (Wildman–Crippen LogP) is 4.31. The summed E-state index contributed by atoms with van der Waals surface area (Å²) < 4.78 is 5.35. The van der Waals surface area contributed by atoms with Gasteiger partial charge in [-0.2, -0.15) is 11.8 Å². The molecule has 4 heteroatoms. The molecule has 1 aliphatic heterocycles. The summed E-state index contributed by atoms with van der Waals surface area (Å²) in [5.74, 6) is 1.81. The molecule has 0 spiro atoms. The normalized spacial score (nSPS) is 17.8. The Hall–Kier alpha value is -1.65. The summed E-state index contributed by atoms with van der Waals surface area (Å²) in [6.45, 7) is 4.09. The highest BCUT2D eigenvalue weighted by Crippen LogP contribution is 2.44. The summed E-state index contributed by atoms with van der Waals surface area (Å²) in [4.78, 5) is 2.37. The zero-order valence-electron chi connectivity index (χ0n) is 13.9. The molecular weight excluding hydrogens is 306 g/mol. The van der Waals surface area contributed by atoms with Crippen LogP contribution < -0.4 is 4.74 Å². The summed E-state index contributed by atoms with van der Waals surface area (Å²) in [5.41, 5.74) is 4.86. The lowest BCUT2D eigenvalue weighted by molar-refractivity contribution is 0.326. The minimum absolute atomic E-state index is 0.204. The number of benzene rings is 2. The van der Waals surface area contributed by atoms with Crippen LogP contribution in [0.2, 0.25) is 0 Å². The first kappa shape index (κ1) is 16.2. The molecule has 0 saturated carbocycles. The summed E-state index contributed by atoms with van der Waals surface area (Å²) >= 11 is 1.94. The van der Waals surface area contributed by atoms with Crippen molar-refractivity contribution in [2.75, 3.05) is 26.5 Å². The van der Waals surface area contributed by atoms with Crippen LogP contribution in [0.5, 0.6) is 11.5 Å². The van der Waals surface area contributed by atoms with Crippen molar-refractivity contribution in [1.29, 1.82) is 0 Å². The van der Waals surface area contributed by atoms with Gasteiger partial charge in [0.25, 0.3) is 0 Å². The van der Waals surface area contributed by atoms with Gasteiger partial charge in [-0.15, -0.1) is 0 Å². The van der Waals surface area contributed by atoms with Crippen LogP contribution in [0.25, 0.3) is 11.1 Å². The fourth-order valence-electron chi connectivity index (χ4n) is 3.25. The van der Waals surface area contributed by atoms with Crippen LogP contribution in [-0.2, 0) is 6.54 Å². The van der Waals surface area contributed by atoms with Gasteiger partial charge in [-0.05, 0) is 47.2 Å². The number of likely N-dealkylation sites (N-methyl/N-ethyl adjacent to an activating group) is 1. The van der Waals surface area contributed by atoms with Crippen LogP contribution in [0.1, 0.15) is 23.3 Å². The summed E-state index contributed by atoms with van der Waals surface area (Å²) in [6.07, 6.45) is 0. The number of aromatic hydroxyl groups is 1. The highest BCUT2D eigenvalue weighted by atomic mass is 32.2. The maximum atomic E-state index is 10.3. The van der Waals surface area contributed by atoms with E-state index < -0.39 is 0 Å². The Kier molecular flexibility index (Phi) is 4.83. The summed E-state index contributed by atoms with van der Waals surface area (Å²) in [6, 6.07) is 12.3. The van der Waals surface area contributed by atoms with Gasteiger partial charge in [0.15, 0.2) is 11.5 Å². The number of hydrogen-bond acceptors (Lipinski definition) is 4. The van der Waals surface area contributed by atoms with Gasteiger partial charge >= 0.3 is 0 Å². The average Bonchev–Trinajstić information content (AvgIpc) is 2.53. The van der Waals surface area contributed by atoms with E-state index in [2.05, 4.69) is 43.1 Å². The van der Waals surface area contributed by atoms with Gasteiger partial charge in [-0.1, -0.05) is 31.2 Å². The zero-order valence-corrected chi connectivity index (χ0v) is 14.7. The number of phenols is 1. The Labute approximate surface area is 142 Å². The van der Waals surface area contributed by atoms with E-state index >= 15 is 0 Å². The molecule has 2 aromatic rings. The number of fused-ring (bicyclic) bond motifs is 3. The lowest BCUT2D eigenvalue weighted by Crippen LogP contribution is -2.25. The van der Waals surface area contributed by atoms with E-state index in [1.807, 2.05) is 23.9 Å². The van der Waals surface area contributed by atoms with Crippen LogP contribution in [0, 0.1) is 0 Å². The van der Waals surface area contributed by atoms with Crippen LogP contribution in [0.15, 0.2) is 36.4 Å². The highest BCUT2D eigenvalue weighted by Gasteiger charge is 2.24. The minimum atomic E-state index is 0.204. The van der Waals surface area contributed by atoms with E-state index in [0.29, 0.717) is 11.0 Å². The SMILES string of the molecule is CCSC1CN(C)Cc2ccccc2-c2cc(O)c(OC)cc21. The molecule has 0 bridgehead atoms. The smallest absolute Gasteiger partial charge is 0.160 e. The predicted molar refractivity (Wildman–Crippen MR) is 97.3 cm³/mol. The van der Waals surface area contributed by atoms with Crippen LogP contribution >= 0.6 is 11.8 Å². The van der Waals surface area contributed by atoms with Gasteiger partial charge in [0.05, 0.1) is 7.11 Å². The molecule has 0 aliphatic carbocycles. The van der Waals surface area contributed by atoms with Crippen molar-refractivity contribution >= 4 is 11.8 Å². The van der Waals surface area contributed by atoms with E-state index in [1.165, 1.54) is 16.7 Å². The van der Waals surface area contributed by atoms with Gasteiger partial charge in [0.1, 0.15) is 0 Å². The largest absolute Gasteiger partial charge is 0.504 e. The first-order chi connectivity index (χ1) is 11.1. The molecule has 1 unspecified atom stereocenters. The second-order valence-corrected chi connectivity index (χ2v) is 7.39. The van der Waals surface area contributed by atoms with Crippen molar-refractivity contribution in [1.82, 2.24) is 4.90 Å². The molecule has 1 heterocycles. The quantitative estimate of drug-likeness (QED) is 0.910. The molecule has 3 rings (SSSR count). The first-order valence-electron chi connectivity index (χ1n) is 7.93. The van der Waals surface area contributed by atoms with E-state index in [9.17, 15) is 5.11 Å². The fourth-order valence-corrected chi connectivity index (χ4v) is 4.39. The van der Waals surface area contributed by atoms with Crippen LogP contribution in [0.3, 0.4) is 0 Å². The van der Waals surface area contributed by atoms with Crippen LogP contribution in [0.4, 0.5) is 0 Å². The van der Waals surface area contributed by atoms with E-state index in [4.69, 9.17) is 4.74 Å². The number of thioether (sulfide) groups is 1.